The van der Waals surface area contributed by atoms with Crippen LogP contribution in [0.2, 0.25) is 5.02 Å². The van der Waals surface area contributed by atoms with Crippen molar-refractivity contribution in [1.29, 1.82) is 0 Å². The monoisotopic (exact) mass is 596 g/mol. The van der Waals surface area contributed by atoms with Gasteiger partial charge in [0.1, 0.15) is 24.0 Å². The summed E-state index contributed by atoms with van der Waals surface area (Å²) < 4.78 is 51.8. The van der Waals surface area contributed by atoms with Crippen LogP contribution in [0.15, 0.2) is 36.4 Å². The van der Waals surface area contributed by atoms with Gasteiger partial charge in [0.05, 0.1) is 11.0 Å². The Morgan fingerprint density at radius 2 is 1.83 bits per heavy atom. The van der Waals surface area contributed by atoms with Crippen LogP contribution in [0, 0.1) is 10.1 Å². The van der Waals surface area contributed by atoms with Gasteiger partial charge >= 0.3 is 6.18 Å². The molecule has 2 aromatic carbocycles. The van der Waals surface area contributed by atoms with E-state index in [0.29, 0.717) is 43.8 Å². The number of fused-ring (bicyclic) bond motifs is 1. The number of nitro benzene ring substituents is 1. The first-order chi connectivity index (χ1) is 19.5. The molecule has 1 atom stereocenters. The molecule has 2 aromatic rings. The zero-order chi connectivity index (χ0) is 29.1. The first kappa shape index (κ1) is 29.4. The standard InChI is InChI=1S/C28H32ClF3N4O5/c29-19-1-8-26-18(13-19)14-23(41-26)16-34-9-11-35(12-10-34)27(37)17-40-22-5-2-20(3-6-22)33-21-4-7-25(36(38)39)24(15-21)28(30,31)32/h1,4,7-8,13,15,20,22-23,33H,2-3,5-6,9-12,14,16-17H2. The van der Waals surface area contributed by atoms with Gasteiger partial charge in [0.25, 0.3) is 5.69 Å². The molecule has 2 fully saturated rings. The number of nitro groups is 1. The number of hydrogen-bond donors (Lipinski definition) is 1. The number of amides is 1. The molecule has 1 aliphatic carbocycles. The molecule has 1 unspecified atom stereocenters. The maximum absolute atomic E-state index is 13.3. The summed E-state index contributed by atoms with van der Waals surface area (Å²) in [5.74, 6) is 0.840. The fraction of sp³-hybridized carbons (Fsp3) is 0.536. The molecule has 41 heavy (non-hydrogen) atoms. The van der Waals surface area contributed by atoms with Gasteiger partial charge in [-0.15, -0.1) is 0 Å². The predicted octanol–water partition coefficient (Wildman–Crippen LogP) is 5.15. The summed E-state index contributed by atoms with van der Waals surface area (Å²) in [7, 11) is 0. The van der Waals surface area contributed by atoms with Crippen molar-refractivity contribution >= 4 is 28.9 Å². The molecule has 1 saturated heterocycles. The summed E-state index contributed by atoms with van der Waals surface area (Å²) in [5, 5.41) is 14.7. The second-order valence-corrected chi connectivity index (χ2v) is 11.2. The van der Waals surface area contributed by atoms with Crippen LogP contribution in [0.3, 0.4) is 0 Å². The van der Waals surface area contributed by atoms with Crippen molar-refractivity contribution in [2.75, 3.05) is 44.6 Å². The van der Waals surface area contributed by atoms with Gasteiger partial charge in [-0.3, -0.25) is 19.8 Å². The van der Waals surface area contributed by atoms with Crippen molar-refractivity contribution in [3.63, 3.8) is 0 Å². The molecule has 13 heteroatoms. The van der Waals surface area contributed by atoms with E-state index in [1.807, 2.05) is 23.1 Å². The summed E-state index contributed by atoms with van der Waals surface area (Å²) in [6, 6.07) is 8.55. The minimum Gasteiger partial charge on any atom is -0.488 e. The molecule has 0 radical (unpaired) electrons. The number of alkyl halides is 3. The molecule has 1 saturated carbocycles. The zero-order valence-electron chi connectivity index (χ0n) is 22.4. The molecule has 9 nitrogen and oxygen atoms in total. The SMILES string of the molecule is O=C(COC1CCC(Nc2ccc([N+](=O)[O-])c(C(F)(F)F)c2)CC1)N1CCN(CC2Cc3cc(Cl)ccc3O2)CC1. The molecule has 1 N–H and O–H groups in total. The van der Waals surface area contributed by atoms with Crippen molar-refractivity contribution in [2.24, 2.45) is 0 Å². The van der Waals surface area contributed by atoms with Crippen LogP contribution in [0.25, 0.3) is 0 Å². The zero-order valence-corrected chi connectivity index (χ0v) is 23.1. The van der Waals surface area contributed by atoms with Gasteiger partial charge in [0, 0.05) is 62.0 Å². The topological polar surface area (TPSA) is 97.2 Å². The van der Waals surface area contributed by atoms with Crippen LogP contribution in [-0.2, 0) is 22.1 Å². The number of ether oxygens (including phenoxy) is 2. The van der Waals surface area contributed by atoms with Crippen LogP contribution in [0.4, 0.5) is 24.5 Å². The van der Waals surface area contributed by atoms with Gasteiger partial charge in [0.2, 0.25) is 5.91 Å². The normalized spacial score (nSPS) is 23.1. The Hall–Kier alpha value is -3.09. The van der Waals surface area contributed by atoms with E-state index in [9.17, 15) is 28.1 Å². The van der Waals surface area contributed by atoms with Crippen molar-refractivity contribution < 1.29 is 32.4 Å². The summed E-state index contributed by atoms with van der Waals surface area (Å²) in [6.45, 7) is 3.57. The highest BCUT2D eigenvalue weighted by atomic mass is 35.5. The first-order valence-electron chi connectivity index (χ1n) is 13.7. The highest BCUT2D eigenvalue weighted by Crippen LogP contribution is 2.38. The number of carbonyl (C=O) groups excluding carboxylic acids is 1. The van der Waals surface area contributed by atoms with E-state index in [2.05, 4.69) is 10.2 Å². The molecule has 0 spiro atoms. The van der Waals surface area contributed by atoms with E-state index >= 15 is 0 Å². The lowest BCUT2D eigenvalue weighted by atomic mass is 9.92. The van der Waals surface area contributed by atoms with Crippen molar-refractivity contribution in [3.05, 3.63) is 62.7 Å². The first-order valence-corrected chi connectivity index (χ1v) is 14.1. The number of piperazine rings is 1. The lowest BCUT2D eigenvalue weighted by molar-refractivity contribution is -0.388. The molecule has 0 aromatic heterocycles. The number of benzene rings is 2. The third-order valence-electron chi connectivity index (χ3n) is 7.94. The number of rotatable bonds is 8. The predicted molar refractivity (Wildman–Crippen MR) is 146 cm³/mol. The van der Waals surface area contributed by atoms with Gasteiger partial charge in [0.15, 0.2) is 0 Å². The molecule has 2 aliphatic heterocycles. The molecule has 0 bridgehead atoms. The number of anilines is 1. The smallest absolute Gasteiger partial charge is 0.423 e. The van der Waals surface area contributed by atoms with Crippen LogP contribution >= 0.6 is 11.6 Å². The van der Waals surface area contributed by atoms with Crippen LogP contribution in [-0.4, -0.2) is 78.2 Å². The molecule has 3 aliphatic rings. The van der Waals surface area contributed by atoms with E-state index in [-0.39, 0.29) is 36.5 Å². The largest absolute Gasteiger partial charge is 0.488 e. The third-order valence-corrected chi connectivity index (χ3v) is 8.17. The van der Waals surface area contributed by atoms with Gasteiger partial charge < -0.3 is 19.7 Å². The van der Waals surface area contributed by atoms with Crippen LogP contribution in [0.1, 0.15) is 36.8 Å². The van der Waals surface area contributed by atoms with E-state index in [0.717, 1.165) is 49.5 Å². The van der Waals surface area contributed by atoms with Crippen LogP contribution < -0.4 is 10.1 Å². The lowest BCUT2D eigenvalue weighted by Gasteiger charge is -2.36. The van der Waals surface area contributed by atoms with Gasteiger partial charge in [-0.1, -0.05) is 11.6 Å². The van der Waals surface area contributed by atoms with Crippen molar-refractivity contribution in [3.8, 4) is 5.75 Å². The molecule has 222 valence electrons. The maximum atomic E-state index is 13.3. The fourth-order valence-electron chi connectivity index (χ4n) is 5.76. The summed E-state index contributed by atoms with van der Waals surface area (Å²) in [6.07, 6.45) is -1.41. The highest BCUT2D eigenvalue weighted by Gasteiger charge is 2.38. The van der Waals surface area contributed by atoms with E-state index in [1.54, 1.807) is 0 Å². The second kappa shape index (κ2) is 12.4. The Labute approximate surface area is 240 Å². The van der Waals surface area contributed by atoms with Gasteiger partial charge in [-0.05, 0) is 61.6 Å². The van der Waals surface area contributed by atoms with Crippen LogP contribution in [0.5, 0.6) is 5.75 Å². The number of hydrogen-bond acceptors (Lipinski definition) is 7. The van der Waals surface area contributed by atoms with Gasteiger partial charge in [-0.2, -0.15) is 13.2 Å². The Bertz CT molecular complexity index is 1260. The van der Waals surface area contributed by atoms with Crippen molar-refractivity contribution in [1.82, 2.24) is 9.80 Å². The van der Waals surface area contributed by atoms with Crippen molar-refractivity contribution in [2.45, 2.75) is 56.5 Å². The third kappa shape index (κ3) is 7.41. The van der Waals surface area contributed by atoms with Gasteiger partial charge in [-0.25, -0.2) is 0 Å². The summed E-state index contributed by atoms with van der Waals surface area (Å²) in [4.78, 5) is 26.8. The number of nitrogens with zero attached hydrogens (tertiary/aromatic N) is 3. The average molecular weight is 597 g/mol. The molecular formula is C28H32ClF3N4O5. The maximum Gasteiger partial charge on any atom is 0.423 e. The molecule has 5 rings (SSSR count). The highest BCUT2D eigenvalue weighted by molar-refractivity contribution is 6.30. The van der Waals surface area contributed by atoms with E-state index in [1.165, 1.54) is 6.07 Å². The Kier molecular flexibility index (Phi) is 8.91. The summed E-state index contributed by atoms with van der Waals surface area (Å²) >= 11 is 6.08. The quantitative estimate of drug-likeness (QED) is 0.332. The Morgan fingerprint density at radius 3 is 2.51 bits per heavy atom. The minimum atomic E-state index is -4.82. The number of halogens is 4. The number of carbonyl (C=O) groups is 1. The summed E-state index contributed by atoms with van der Waals surface area (Å²) in [5.41, 5.74) is -0.923. The molecule has 2 heterocycles. The lowest BCUT2D eigenvalue weighted by Crippen LogP contribution is -2.51. The fourth-order valence-corrected chi connectivity index (χ4v) is 5.96. The Balaban J connectivity index is 1.00. The molecular weight excluding hydrogens is 565 g/mol. The Morgan fingerprint density at radius 1 is 1.10 bits per heavy atom. The minimum absolute atomic E-state index is 0.00185. The van der Waals surface area contributed by atoms with E-state index in [4.69, 9.17) is 21.1 Å². The molecule has 1 amide bonds. The number of nitrogens with one attached hydrogen (secondary N) is 1. The second-order valence-electron chi connectivity index (χ2n) is 10.8. The average Bonchev–Trinajstić information content (AvgIpc) is 3.33. The van der Waals surface area contributed by atoms with E-state index < -0.39 is 22.4 Å².